The topological polar surface area (TPSA) is 101 Å². The molecular formula is C16H19N3O4S. The van der Waals surface area contributed by atoms with Gasteiger partial charge in [0.05, 0.1) is 22.9 Å². The molecule has 2 aromatic rings. The van der Waals surface area contributed by atoms with Gasteiger partial charge in [0.2, 0.25) is 5.88 Å². The van der Waals surface area contributed by atoms with E-state index in [9.17, 15) is 18.3 Å². The average Bonchev–Trinajstić information content (AvgIpc) is 3.01. The van der Waals surface area contributed by atoms with Gasteiger partial charge < -0.3 is 9.67 Å². The van der Waals surface area contributed by atoms with E-state index in [1.807, 2.05) is 32.0 Å². The molecule has 128 valence electrons. The van der Waals surface area contributed by atoms with Crippen LogP contribution in [-0.2, 0) is 21.2 Å². The van der Waals surface area contributed by atoms with Crippen LogP contribution in [0.1, 0.15) is 18.9 Å². The van der Waals surface area contributed by atoms with Gasteiger partial charge in [0.25, 0.3) is 5.91 Å². The first kappa shape index (κ1) is 16.6. The van der Waals surface area contributed by atoms with Crippen LogP contribution in [0.3, 0.4) is 0 Å². The Bertz CT molecular complexity index is 944. The van der Waals surface area contributed by atoms with E-state index in [2.05, 4.69) is 10.2 Å². The highest BCUT2D eigenvalue weighted by atomic mass is 32.2. The van der Waals surface area contributed by atoms with Crippen LogP contribution < -0.4 is 0 Å². The molecule has 7 nitrogen and oxygen atoms in total. The number of hydrogen-bond donors (Lipinski definition) is 1. The molecule has 1 aliphatic heterocycles. The van der Waals surface area contributed by atoms with E-state index in [4.69, 9.17) is 0 Å². The van der Waals surface area contributed by atoms with Crippen LogP contribution in [-0.4, -0.2) is 35.5 Å². The minimum absolute atomic E-state index is 0.0124. The van der Waals surface area contributed by atoms with Gasteiger partial charge in [-0.3, -0.25) is 4.79 Å². The Hall–Kier alpha value is -2.22. The number of aromatic hydroxyl groups is 1. The highest BCUT2D eigenvalue weighted by Crippen LogP contribution is 2.39. The van der Waals surface area contributed by atoms with Gasteiger partial charge >= 0.3 is 0 Å². The molecule has 1 atom stereocenters. The van der Waals surface area contributed by atoms with E-state index in [1.165, 1.54) is 0 Å². The molecule has 24 heavy (non-hydrogen) atoms. The number of benzene rings is 1. The molecular weight excluding hydrogens is 330 g/mol. The van der Waals surface area contributed by atoms with Gasteiger partial charge in [-0.25, -0.2) is 8.42 Å². The highest BCUT2D eigenvalue weighted by Gasteiger charge is 2.33. The summed E-state index contributed by atoms with van der Waals surface area (Å²) in [7, 11) is -3.15. The van der Waals surface area contributed by atoms with Crippen molar-refractivity contribution in [3.05, 3.63) is 23.8 Å². The van der Waals surface area contributed by atoms with Crippen LogP contribution in [0.15, 0.2) is 28.4 Å². The molecule has 1 amide bonds. The molecule has 1 saturated heterocycles. The zero-order valence-electron chi connectivity index (χ0n) is 13.6. The third-order valence-electron chi connectivity index (χ3n) is 4.31. The van der Waals surface area contributed by atoms with Gasteiger partial charge in [0.15, 0.2) is 15.5 Å². The lowest BCUT2D eigenvalue weighted by Crippen LogP contribution is -2.13. The minimum atomic E-state index is -3.15. The molecule has 1 aromatic carbocycles. The quantitative estimate of drug-likeness (QED) is 0.861. The average molecular weight is 349 g/mol. The molecule has 1 fully saturated rings. The van der Waals surface area contributed by atoms with Gasteiger partial charge in [-0.1, -0.05) is 11.6 Å². The van der Waals surface area contributed by atoms with Crippen molar-refractivity contribution >= 4 is 32.3 Å². The largest absolute Gasteiger partial charge is 0.493 e. The predicted molar refractivity (Wildman–Crippen MR) is 90.3 cm³/mol. The lowest BCUT2D eigenvalue weighted by atomic mass is 10.1. The van der Waals surface area contributed by atoms with Crippen molar-refractivity contribution in [3.8, 4) is 5.88 Å². The molecule has 8 heteroatoms. The van der Waals surface area contributed by atoms with Crippen LogP contribution in [0.4, 0.5) is 5.69 Å². The summed E-state index contributed by atoms with van der Waals surface area (Å²) in [6.45, 7) is 4.37. The SMILES string of the molecule is CCn1c(O)c(N=NC(=O)[C@H]2CCS(=O)(=O)C2)c2cc(C)ccc21. The molecule has 2 heterocycles. The molecule has 1 aliphatic rings. The molecule has 1 N–H and O–H groups in total. The number of carbonyl (C=O) groups is 1. The zero-order chi connectivity index (χ0) is 17.5. The number of aromatic nitrogens is 1. The van der Waals surface area contributed by atoms with Crippen molar-refractivity contribution < 1.29 is 18.3 Å². The van der Waals surface area contributed by atoms with Crippen molar-refractivity contribution in [1.82, 2.24) is 4.57 Å². The van der Waals surface area contributed by atoms with Crippen LogP contribution in [0.5, 0.6) is 5.88 Å². The summed E-state index contributed by atoms with van der Waals surface area (Å²) in [6, 6.07) is 5.70. The second-order valence-electron chi connectivity index (χ2n) is 6.08. The second-order valence-corrected chi connectivity index (χ2v) is 8.30. The number of amides is 1. The number of hydrogen-bond acceptors (Lipinski definition) is 5. The Morgan fingerprint density at radius 3 is 2.79 bits per heavy atom. The maximum Gasteiger partial charge on any atom is 0.268 e. The van der Waals surface area contributed by atoms with E-state index in [-0.39, 0.29) is 29.5 Å². The Labute approximate surface area is 139 Å². The normalized spacial score (nSPS) is 20.2. The Morgan fingerprint density at radius 1 is 1.42 bits per heavy atom. The molecule has 0 bridgehead atoms. The lowest BCUT2D eigenvalue weighted by Gasteiger charge is -2.01. The Kier molecular flexibility index (Phi) is 4.16. The predicted octanol–water partition coefficient (Wildman–Crippen LogP) is 2.72. The van der Waals surface area contributed by atoms with E-state index in [1.54, 1.807) is 4.57 Å². The van der Waals surface area contributed by atoms with Gasteiger partial charge in [0, 0.05) is 11.9 Å². The minimum Gasteiger partial charge on any atom is -0.493 e. The summed E-state index contributed by atoms with van der Waals surface area (Å²) in [5, 5.41) is 18.7. The van der Waals surface area contributed by atoms with Crippen LogP contribution in [0, 0.1) is 12.8 Å². The number of aryl methyl sites for hydroxylation is 2. The van der Waals surface area contributed by atoms with Gasteiger partial charge in [-0.2, -0.15) is 0 Å². The monoisotopic (exact) mass is 349 g/mol. The van der Waals surface area contributed by atoms with Crippen molar-refractivity contribution in [1.29, 1.82) is 0 Å². The van der Waals surface area contributed by atoms with Crippen molar-refractivity contribution in [2.75, 3.05) is 11.5 Å². The Balaban J connectivity index is 1.96. The third kappa shape index (κ3) is 2.93. The van der Waals surface area contributed by atoms with Crippen molar-refractivity contribution in [3.63, 3.8) is 0 Å². The molecule has 0 unspecified atom stereocenters. The molecule has 0 spiro atoms. The number of fused-ring (bicyclic) bond motifs is 1. The number of azo groups is 1. The van der Waals surface area contributed by atoms with E-state index >= 15 is 0 Å². The molecule has 0 radical (unpaired) electrons. The van der Waals surface area contributed by atoms with Gasteiger partial charge in [-0.05, 0) is 32.4 Å². The number of carbonyl (C=O) groups excluding carboxylic acids is 1. The van der Waals surface area contributed by atoms with E-state index in [0.717, 1.165) is 11.1 Å². The summed E-state index contributed by atoms with van der Waals surface area (Å²) < 4.78 is 24.6. The number of nitrogens with zero attached hydrogens (tertiary/aromatic N) is 3. The van der Waals surface area contributed by atoms with Crippen LogP contribution in [0.2, 0.25) is 0 Å². The second kappa shape index (κ2) is 6.01. The highest BCUT2D eigenvalue weighted by molar-refractivity contribution is 7.91. The maximum absolute atomic E-state index is 12.1. The fourth-order valence-electron chi connectivity index (χ4n) is 3.03. The molecule has 3 rings (SSSR count). The first-order valence-electron chi connectivity index (χ1n) is 7.80. The van der Waals surface area contributed by atoms with E-state index < -0.39 is 21.7 Å². The molecule has 1 aromatic heterocycles. The Morgan fingerprint density at radius 2 is 2.17 bits per heavy atom. The summed E-state index contributed by atoms with van der Waals surface area (Å²) in [6.07, 6.45) is 0.280. The van der Waals surface area contributed by atoms with Crippen molar-refractivity contribution in [2.45, 2.75) is 26.8 Å². The van der Waals surface area contributed by atoms with Crippen LogP contribution >= 0.6 is 0 Å². The fraction of sp³-hybridized carbons (Fsp3) is 0.438. The van der Waals surface area contributed by atoms with Gasteiger partial charge in [-0.15, -0.1) is 10.2 Å². The fourth-order valence-corrected chi connectivity index (χ4v) is 4.76. The summed E-state index contributed by atoms with van der Waals surface area (Å²) in [5.74, 6) is -1.40. The number of rotatable bonds is 3. The first-order chi connectivity index (χ1) is 11.3. The maximum atomic E-state index is 12.1. The molecule has 0 saturated carbocycles. The summed E-state index contributed by atoms with van der Waals surface area (Å²) >= 11 is 0. The van der Waals surface area contributed by atoms with Gasteiger partial charge in [0.1, 0.15) is 0 Å². The van der Waals surface area contributed by atoms with Crippen molar-refractivity contribution in [2.24, 2.45) is 16.1 Å². The zero-order valence-corrected chi connectivity index (χ0v) is 14.4. The third-order valence-corrected chi connectivity index (χ3v) is 6.08. The summed E-state index contributed by atoms with van der Waals surface area (Å²) in [5.41, 5.74) is 2.05. The smallest absolute Gasteiger partial charge is 0.268 e. The standard InChI is InChI=1S/C16H19N3O4S/c1-3-19-13-5-4-10(2)8-12(13)14(16(19)21)17-18-15(20)11-6-7-24(22,23)9-11/h4-5,8,11,21H,3,6-7,9H2,1-2H3/t11-/m0/s1. The molecule has 0 aliphatic carbocycles. The van der Waals surface area contributed by atoms with Crippen LogP contribution in [0.25, 0.3) is 10.9 Å². The number of sulfone groups is 1. The van der Waals surface area contributed by atoms with E-state index in [0.29, 0.717) is 11.9 Å². The first-order valence-corrected chi connectivity index (χ1v) is 9.62. The lowest BCUT2D eigenvalue weighted by molar-refractivity contribution is -0.121. The summed E-state index contributed by atoms with van der Waals surface area (Å²) in [4.78, 5) is 12.1.